The molecule has 1 aromatic rings. The predicted molar refractivity (Wildman–Crippen MR) is 74.1 cm³/mol. The molecule has 1 rings (SSSR count). The minimum Gasteiger partial charge on any atom is -0.497 e. The van der Waals surface area contributed by atoms with Crippen LogP contribution in [-0.2, 0) is 9.53 Å². The van der Waals surface area contributed by atoms with Crippen LogP contribution in [0.25, 0.3) is 0 Å². The van der Waals surface area contributed by atoms with E-state index in [4.69, 9.17) is 9.47 Å². The van der Waals surface area contributed by atoms with E-state index in [2.05, 4.69) is 26.6 Å². The third-order valence-corrected chi connectivity index (χ3v) is 2.91. The second-order valence-corrected chi connectivity index (χ2v) is 4.42. The van der Waals surface area contributed by atoms with E-state index in [-0.39, 0.29) is 12.5 Å². The van der Waals surface area contributed by atoms with Crippen molar-refractivity contribution < 1.29 is 14.3 Å². The summed E-state index contributed by atoms with van der Waals surface area (Å²) in [7, 11) is 3.20. The summed E-state index contributed by atoms with van der Waals surface area (Å²) < 4.78 is 10.8. The molecule has 100 valence electrons. The molecule has 0 saturated heterocycles. The van der Waals surface area contributed by atoms with E-state index >= 15 is 0 Å². The zero-order chi connectivity index (χ0) is 13.4. The Morgan fingerprint density at radius 2 is 2.17 bits per heavy atom. The summed E-state index contributed by atoms with van der Waals surface area (Å²) >= 11 is 3.37. The lowest BCUT2D eigenvalue weighted by molar-refractivity contribution is -0.115. The molecule has 1 amide bonds. The molecule has 0 saturated carbocycles. The average molecular weight is 317 g/mol. The molecule has 0 aliphatic carbocycles. The molecule has 0 atom stereocenters. The van der Waals surface area contributed by atoms with Gasteiger partial charge in [0.15, 0.2) is 0 Å². The highest BCUT2D eigenvalue weighted by Gasteiger charge is 2.06. The van der Waals surface area contributed by atoms with Crippen LogP contribution in [0.15, 0.2) is 22.7 Å². The number of anilines is 1. The lowest BCUT2D eigenvalue weighted by atomic mass is 10.3. The third kappa shape index (κ3) is 5.03. The summed E-state index contributed by atoms with van der Waals surface area (Å²) in [6.45, 7) is 1.46. The van der Waals surface area contributed by atoms with Crippen LogP contribution in [0.2, 0.25) is 0 Å². The van der Waals surface area contributed by atoms with Gasteiger partial charge < -0.3 is 20.1 Å². The number of nitrogens with one attached hydrogen (secondary N) is 2. The summed E-state index contributed by atoms with van der Waals surface area (Å²) in [6.07, 6.45) is 0. The van der Waals surface area contributed by atoms with Gasteiger partial charge in [0.1, 0.15) is 5.75 Å². The topological polar surface area (TPSA) is 59.6 Å². The van der Waals surface area contributed by atoms with Crippen LogP contribution < -0.4 is 15.4 Å². The number of halogens is 1. The number of ether oxygens (including phenoxy) is 2. The molecule has 0 heterocycles. The quantitative estimate of drug-likeness (QED) is 0.751. The normalized spacial score (nSPS) is 10.2. The van der Waals surface area contributed by atoms with Gasteiger partial charge in [-0.2, -0.15) is 0 Å². The van der Waals surface area contributed by atoms with Crippen molar-refractivity contribution in [2.24, 2.45) is 0 Å². The van der Waals surface area contributed by atoms with Crippen LogP contribution in [0.4, 0.5) is 5.69 Å². The fraction of sp³-hybridized carbons (Fsp3) is 0.417. The van der Waals surface area contributed by atoms with Gasteiger partial charge in [0.25, 0.3) is 0 Å². The average Bonchev–Trinajstić information content (AvgIpc) is 2.37. The summed E-state index contributed by atoms with van der Waals surface area (Å²) in [6, 6.07) is 5.40. The van der Waals surface area contributed by atoms with Crippen molar-refractivity contribution in [3.8, 4) is 5.75 Å². The molecule has 0 aliphatic rings. The van der Waals surface area contributed by atoms with Gasteiger partial charge in [0.2, 0.25) is 5.91 Å². The van der Waals surface area contributed by atoms with Crippen LogP contribution >= 0.6 is 15.9 Å². The van der Waals surface area contributed by atoms with Crippen LogP contribution in [0, 0.1) is 0 Å². The third-order valence-electron chi connectivity index (χ3n) is 2.22. The van der Waals surface area contributed by atoms with Gasteiger partial charge in [0.05, 0.1) is 25.9 Å². The van der Waals surface area contributed by atoms with Crippen LogP contribution in [0.3, 0.4) is 0 Å². The van der Waals surface area contributed by atoms with Crippen molar-refractivity contribution in [2.75, 3.05) is 39.2 Å². The van der Waals surface area contributed by atoms with Crippen LogP contribution in [0.5, 0.6) is 5.75 Å². The number of rotatable bonds is 7. The Hall–Kier alpha value is -1.11. The Morgan fingerprint density at radius 3 is 2.83 bits per heavy atom. The van der Waals surface area contributed by atoms with Crippen molar-refractivity contribution in [1.29, 1.82) is 0 Å². The SMILES string of the molecule is COCCNCC(=O)Nc1cc(OC)ccc1Br. The molecule has 0 fully saturated rings. The molecule has 0 unspecified atom stereocenters. The largest absolute Gasteiger partial charge is 0.497 e. The van der Waals surface area contributed by atoms with Crippen molar-refractivity contribution in [2.45, 2.75) is 0 Å². The van der Waals surface area contributed by atoms with Crippen molar-refractivity contribution >= 4 is 27.5 Å². The lowest BCUT2D eigenvalue weighted by Crippen LogP contribution is -2.30. The first-order valence-electron chi connectivity index (χ1n) is 5.50. The molecule has 18 heavy (non-hydrogen) atoms. The Bertz CT molecular complexity index is 399. The summed E-state index contributed by atoms with van der Waals surface area (Å²) in [5.74, 6) is 0.584. The Balaban J connectivity index is 2.48. The van der Waals surface area contributed by atoms with E-state index in [0.717, 1.165) is 4.47 Å². The maximum absolute atomic E-state index is 11.7. The second-order valence-electron chi connectivity index (χ2n) is 3.56. The Kier molecular flexibility index (Phi) is 6.70. The van der Waals surface area contributed by atoms with E-state index in [0.29, 0.717) is 24.6 Å². The first kappa shape index (κ1) is 14.9. The highest BCUT2D eigenvalue weighted by molar-refractivity contribution is 9.10. The molecular weight excluding hydrogens is 300 g/mol. The fourth-order valence-corrected chi connectivity index (χ4v) is 1.64. The number of carbonyl (C=O) groups excluding carboxylic acids is 1. The van der Waals surface area contributed by atoms with Crippen molar-refractivity contribution in [1.82, 2.24) is 5.32 Å². The van der Waals surface area contributed by atoms with Gasteiger partial charge in [-0.1, -0.05) is 0 Å². The van der Waals surface area contributed by atoms with Crippen LogP contribution in [-0.4, -0.2) is 39.8 Å². The van der Waals surface area contributed by atoms with E-state index in [9.17, 15) is 4.79 Å². The zero-order valence-corrected chi connectivity index (χ0v) is 12.0. The number of amides is 1. The van der Waals surface area contributed by atoms with Gasteiger partial charge in [0, 0.05) is 24.2 Å². The van der Waals surface area contributed by atoms with Gasteiger partial charge in [-0.15, -0.1) is 0 Å². The first-order chi connectivity index (χ1) is 8.67. The number of benzene rings is 1. The second kappa shape index (κ2) is 8.07. The Morgan fingerprint density at radius 1 is 1.39 bits per heavy atom. The minimum absolute atomic E-state index is 0.111. The molecule has 0 bridgehead atoms. The van der Waals surface area contributed by atoms with Gasteiger partial charge in [-0.05, 0) is 28.1 Å². The first-order valence-corrected chi connectivity index (χ1v) is 6.29. The molecule has 6 heteroatoms. The van der Waals surface area contributed by atoms with Gasteiger partial charge >= 0.3 is 0 Å². The molecule has 0 aliphatic heterocycles. The van der Waals surface area contributed by atoms with Gasteiger partial charge in [-0.3, -0.25) is 4.79 Å². The smallest absolute Gasteiger partial charge is 0.238 e. The highest BCUT2D eigenvalue weighted by atomic mass is 79.9. The van der Waals surface area contributed by atoms with E-state index < -0.39 is 0 Å². The highest BCUT2D eigenvalue weighted by Crippen LogP contribution is 2.26. The predicted octanol–water partition coefficient (Wildman–Crippen LogP) is 1.63. The van der Waals surface area contributed by atoms with Crippen molar-refractivity contribution in [3.05, 3.63) is 22.7 Å². The summed E-state index contributed by atoms with van der Waals surface area (Å²) in [4.78, 5) is 11.7. The Labute approximate surface area is 115 Å². The monoisotopic (exact) mass is 316 g/mol. The van der Waals surface area contributed by atoms with Gasteiger partial charge in [-0.25, -0.2) is 0 Å². The summed E-state index contributed by atoms with van der Waals surface area (Å²) in [5, 5.41) is 5.76. The fourth-order valence-electron chi connectivity index (χ4n) is 1.30. The van der Waals surface area contributed by atoms with E-state index in [1.165, 1.54) is 0 Å². The molecule has 1 aromatic carbocycles. The van der Waals surface area contributed by atoms with E-state index in [1.807, 2.05) is 12.1 Å². The molecule has 0 aromatic heterocycles. The molecular formula is C12H17BrN2O3. The van der Waals surface area contributed by atoms with Crippen LogP contribution in [0.1, 0.15) is 0 Å². The number of hydrogen-bond acceptors (Lipinski definition) is 4. The lowest BCUT2D eigenvalue weighted by Gasteiger charge is -2.09. The number of carbonyl (C=O) groups is 1. The maximum atomic E-state index is 11.7. The number of hydrogen-bond donors (Lipinski definition) is 2. The molecule has 2 N–H and O–H groups in total. The maximum Gasteiger partial charge on any atom is 0.238 e. The van der Waals surface area contributed by atoms with E-state index in [1.54, 1.807) is 20.3 Å². The molecule has 5 nitrogen and oxygen atoms in total. The standard InChI is InChI=1S/C12H17BrN2O3/c1-17-6-5-14-8-12(16)15-11-7-9(18-2)3-4-10(11)13/h3-4,7,14H,5-6,8H2,1-2H3,(H,15,16). The number of methoxy groups -OCH3 is 2. The molecule has 0 radical (unpaired) electrons. The minimum atomic E-state index is -0.111. The molecule has 0 spiro atoms. The zero-order valence-electron chi connectivity index (χ0n) is 10.5. The summed E-state index contributed by atoms with van der Waals surface area (Å²) in [5.41, 5.74) is 0.688. The van der Waals surface area contributed by atoms with Crippen molar-refractivity contribution in [3.63, 3.8) is 0 Å².